The highest BCUT2D eigenvalue weighted by Gasteiger charge is 2.16. The molecule has 0 atom stereocenters. The zero-order valence-corrected chi connectivity index (χ0v) is 15.2. The van der Waals surface area contributed by atoms with E-state index in [0.717, 1.165) is 16.6 Å². The first-order valence-corrected chi connectivity index (χ1v) is 8.73. The number of aromatic nitrogens is 2. The minimum absolute atomic E-state index is 0.223. The number of furan rings is 1. The zero-order valence-electron chi connectivity index (χ0n) is 14.4. The summed E-state index contributed by atoms with van der Waals surface area (Å²) in [4.78, 5) is 29.3. The van der Waals surface area contributed by atoms with Gasteiger partial charge in [-0.2, -0.15) is 0 Å². The summed E-state index contributed by atoms with van der Waals surface area (Å²) in [6.45, 7) is 2.09. The predicted molar refractivity (Wildman–Crippen MR) is 104 cm³/mol. The molecule has 0 saturated carbocycles. The van der Waals surface area contributed by atoms with Crippen LogP contribution in [-0.2, 0) is 6.54 Å². The van der Waals surface area contributed by atoms with E-state index in [1.165, 1.54) is 0 Å². The van der Waals surface area contributed by atoms with Crippen molar-refractivity contribution >= 4 is 28.5 Å². The number of halogens is 1. The van der Waals surface area contributed by atoms with E-state index in [0.29, 0.717) is 34.2 Å². The van der Waals surface area contributed by atoms with Gasteiger partial charge in [-0.3, -0.25) is 4.79 Å². The molecule has 0 fully saturated rings. The van der Waals surface area contributed by atoms with Crippen molar-refractivity contribution in [2.45, 2.75) is 13.5 Å². The Kier molecular flexibility index (Phi) is 4.33. The first-order valence-electron chi connectivity index (χ1n) is 8.35. The Balaban J connectivity index is 1.50. The number of fused-ring (bicyclic) bond motifs is 1. The number of H-pyrrole nitrogens is 2. The number of aromatic amines is 2. The smallest absolute Gasteiger partial charge is 0.323 e. The van der Waals surface area contributed by atoms with Gasteiger partial charge in [-0.05, 0) is 55.0 Å². The van der Waals surface area contributed by atoms with Crippen LogP contribution >= 0.6 is 11.6 Å². The second kappa shape index (κ2) is 6.81. The van der Waals surface area contributed by atoms with Crippen molar-refractivity contribution in [3.05, 3.63) is 80.9 Å². The largest absolute Gasteiger partial charge is 0.461 e. The third kappa shape index (κ3) is 3.52. The Morgan fingerprint density at radius 1 is 1.07 bits per heavy atom. The maximum Gasteiger partial charge on any atom is 0.323 e. The van der Waals surface area contributed by atoms with Crippen molar-refractivity contribution < 1.29 is 9.21 Å². The molecule has 0 unspecified atom stereocenters. The molecule has 0 saturated heterocycles. The Hall–Kier alpha value is -3.25. The Labute approximate surface area is 159 Å². The van der Waals surface area contributed by atoms with Crippen LogP contribution in [0.4, 0.5) is 0 Å². The molecule has 0 bridgehead atoms. The number of carbonyl (C=O) groups excluding carboxylic acids is 1. The van der Waals surface area contributed by atoms with Crippen LogP contribution in [0.25, 0.3) is 22.4 Å². The fraction of sp³-hybridized carbons (Fsp3) is 0.100. The summed E-state index contributed by atoms with van der Waals surface area (Å²) in [6.07, 6.45) is 0. The number of imidazole rings is 1. The van der Waals surface area contributed by atoms with Gasteiger partial charge in [0, 0.05) is 17.1 Å². The predicted octanol–water partition coefficient (Wildman–Crippen LogP) is 4.01. The maximum absolute atomic E-state index is 12.5. The van der Waals surface area contributed by atoms with Gasteiger partial charge >= 0.3 is 5.69 Å². The quantitative estimate of drug-likeness (QED) is 0.499. The van der Waals surface area contributed by atoms with Crippen LogP contribution < -0.4 is 11.0 Å². The molecule has 3 N–H and O–H groups in total. The Bertz CT molecular complexity index is 1190. The lowest BCUT2D eigenvalue weighted by molar-refractivity contribution is 0.0949. The van der Waals surface area contributed by atoms with E-state index in [1.807, 2.05) is 24.3 Å². The Morgan fingerprint density at radius 3 is 2.59 bits per heavy atom. The van der Waals surface area contributed by atoms with Gasteiger partial charge in [0.1, 0.15) is 11.5 Å². The highest BCUT2D eigenvalue weighted by Crippen LogP contribution is 2.26. The minimum Gasteiger partial charge on any atom is -0.461 e. The number of rotatable bonds is 4. The molecule has 7 heteroatoms. The topological polar surface area (TPSA) is 90.9 Å². The lowest BCUT2D eigenvalue weighted by atomic mass is 10.1. The number of amides is 1. The standard InChI is InChI=1S/C20H16ClN3O3/c1-11-15(9-18(27-11)13-3-5-14(21)6-4-13)19(25)22-10-12-2-7-16-17(8-12)24-20(26)23-16/h2-9H,10H2,1H3,(H,22,25)(H2,23,24,26). The van der Waals surface area contributed by atoms with Gasteiger partial charge in [0.25, 0.3) is 5.91 Å². The monoisotopic (exact) mass is 381 g/mol. The van der Waals surface area contributed by atoms with Crippen LogP contribution in [0.15, 0.2) is 57.7 Å². The third-order valence-electron chi connectivity index (χ3n) is 4.32. The average Bonchev–Trinajstić information content (AvgIpc) is 3.21. The SMILES string of the molecule is Cc1oc(-c2ccc(Cl)cc2)cc1C(=O)NCc1ccc2[nH]c(=O)[nH]c2c1. The van der Waals surface area contributed by atoms with E-state index in [-0.39, 0.29) is 11.6 Å². The average molecular weight is 382 g/mol. The van der Waals surface area contributed by atoms with Gasteiger partial charge in [0.2, 0.25) is 0 Å². The van der Waals surface area contributed by atoms with Crippen LogP contribution in [0, 0.1) is 6.92 Å². The van der Waals surface area contributed by atoms with E-state index >= 15 is 0 Å². The number of nitrogens with one attached hydrogen (secondary N) is 3. The highest BCUT2D eigenvalue weighted by atomic mass is 35.5. The maximum atomic E-state index is 12.5. The molecule has 0 spiro atoms. The van der Waals surface area contributed by atoms with Crippen molar-refractivity contribution in [2.75, 3.05) is 0 Å². The van der Waals surface area contributed by atoms with Crippen molar-refractivity contribution in [3.63, 3.8) is 0 Å². The molecule has 2 aromatic carbocycles. The highest BCUT2D eigenvalue weighted by molar-refractivity contribution is 6.30. The lowest BCUT2D eigenvalue weighted by Gasteiger charge is -2.04. The molecular formula is C20H16ClN3O3. The second-order valence-electron chi connectivity index (χ2n) is 6.23. The van der Waals surface area contributed by atoms with Crippen molar-refractivity contribution in [2.24, 2.45) is 0 Å². The molecular weight excluding hydrogens is 366 g/mol. The van der Waals surface area contributed by atoms with Gasteiger partial charge in [-0.25, -0.2) is 4.79 Å². The summed E-state index contributed by atoms with van der Waals surface area (Å²) < 4.78 is 5.73. The molecule has 0 aliphatic rings. The van der Waals surface area contributed by atoms with Gasteiger partial charge in [0.05, 0.1) is 16.6 Å². The summed E-state index contributed by atoms with van der Waals surface area (Å²) in [7, 11) is 0. The van der Waals surface area contributed by atoms with Crippen LogP contribution in [0.1, 0.15) is 21.7 Å². The molecule has 136 valence electrons. The van der Waals surface area contributed by atoms with E-state index in [4.69, 9.17) is 16.0 Å². The van der Waals surface area contributed by atoms with Crippen LogP contribution in [0.5, 0.6) is 0 Å². The second-order valence-corrected chi connectivity index (χ2v) is 6.67. The van der Waals surface area contributed by atoms with Crippen LogP contribution in [0.2, 0.25) is 5.02 Å². The molecule has 6 nitrogen and oxygen atoms in total. The minimum atomic E-state index is -0.255. The molecule has 0 aliphatic carbocycles. The summed E-state index contributed by atoms with van der Waals surface area (Å²) in [6, 6.07) is 14.4. The van der Waals surface area contributed by atoms with E-state index in [1.54, 1.807) is 31.2 Å². The van der Waals surface area contributed by atoms with E-state index < -0.39 is 0 Å². The number of hydrogen-bond donors (Lipinski definition) is 3. The van der Waals surface area contributed by atoms with Crippen molar-refractivity contribution in [1.82, 2.24) is 15.3 Å². The van der Waals surface area contributed by atoms with Crippen LogP contribution in [0.3, 0.4) is 0 Å². The van der Waals surface area contributed by atoms with Crippen molar-refractivity contribution in [3.8, 4) is 11.3 Å². The van der Waals surface area contributed by atoms with Crippen molar-refractivity contribution in [1.29, 1.82) is 0 Å². The molecule has 4 aromatic rings. The molecule has 0 aliphatic heterocycles. The number of carbonyl (C=O) groups is 1. The summed E-state index contributed by atoms with van der Waals surface area (Å²) in [5.41, 5.74) is 3.39. The molecule has 1 amide bonds. The fourth-order valence-corrected chi connectivity index (χ4v) is 3.06. The number of benzene rings is 2. The lowest BCUT2D eigenvalue weighted by Crippen LogP contribution is -2.22. The van der Waals surface area contributed by atoms with Gasteiger partial charge in [-0.1, -0.05) is 17.7 Å². The first kappa shape index (κ1) is 17.2. The molecule has 2 heterocycles. The summed E-state index contributed by atoms with van der Waals surface area (Å²) >= 11 is 5.91. The summed E-state index contributed by atoms with van der Waals surface area (Å²) in [5, 5.41) is 3.52. The Morgan fingerprint density at radius 2 is 1.81 bits per heavy atom. The number of aryl methyl sites for hydroxylation is 1. The number of hydrogen-bond acceptors (Lipinski definition) is 3. The summed E-state index contributed by atoms with van der Waals surface area (Å²) in [5.74, 6) is 0.933. The molecule has 0 radical (unpaired) electrons. The fourth-order valence-electron chi connectivity index (χ4n) is 2.93. The first-order chi connectivity index (χ1) is 13.0. The van der Waals surface area contributed by atoms with Crippen LogP contribution in [-0.4, -0.2) is 15.9 Å². The molecule has 2 aromatic heterocycles. The van der Waals surface area contributed by atoms with E-state index in [9.17, 15) is 9.59 Å². The molecule has 4 rings (SSSR count). The van der Waals surface area contributed by atoms with Gasteiger partial charge in [0.15, 0.2) is 0 Å². The normalized spacial score (nSPS) is 11.0. The zero-order chi connectivity index (χ0) is 19.0. The third-order valence-corrected chi connectivity index (χ3v) is 4.58. The van der Waals surface area contributed by atoms with Gasteiger partial charge in [-0.15, -0.1) is 0 Å². The van der Waals surface area contributed by atoms with E-state index in [2.05, 4.69) is 15.3 Å². The van der Waals surface area contributed by atoms with Gasteiger partial charge < -0.3 is 19.7 Å². The molecule has 27 heavy (non-hydrogen) atoms.